The first kappa shape index (κ1) is 12.9. The molecule has 20 heavy (non-hydrogen) atoms. The van der Waals surface area contributed by atoms with Crippen LogP contribution >= 0.6 is 0 Å². The maximum Gasteiger partial charge on any atom is 0.272 e. The Morgan fingerprint density at radius 2 is 2.00 bits per heavy atom. The highest BCUT2D eigenvalue weighted by atomic mass is 16.2. The molecule has 1 aliphatic rings. The summed E-state index contributed by atoms with van der Waals surface area (Å²) in [4.78, 5) is 12.3. The number of rotatable bonds is 5. The van der Waals surface area contributed by atoms with Gasteiger partial charge in [-0.05, 0) is 49.1 Å². The molecule has 1 saturated carbocycles. The molecule has 4 heteroatoms. The van der Waals surface area contributed by atoms with Gasteiger partial charge in [0.25, 0.3) is 5.91 Å². The maximum atomic E-state index is 12.3. The van der Waals surface area contributed by atoms with Gasteiger partial charge in [0.2, 0.25) is 0 Å². The third-order valence-corrected chi connectivity index (χ3v) is 3.56. The third kappa shape index (κ3) is 2.75. The smallest absolute Gasteiger partial charge is 0.272 e. The molecule has 0 saturated heterocycles. The van der Waals surface area contributed by atoms with Gasteiger partial charge in [0, 0.05) is 24.5 Å². The van der Waals surface area contributed by atoms with Crippen molar-refractivity contribution in [3.05, 3.63) is 53.9 Å². The van der Waals surface area contributed by atoms with Crippen LogP contribution in [0.4, 0.5) is 5.69 Å². The molecule has 0 bridgehead atoms. The minimum Gasteiger partial charge on any atom is -0.396 e. The molecule has 1 aliphatic carbocycles. The summed E-state index contributed by atoms with van der Waals surface area (Å²) in [5.74, 6) is -0.0724. The summed E-state index contributed by atoms with van der Waals surface area (Å²) in [6, 6.07) is 11.8. The number of aliphatic hydroxyl groups excluding tert-OH is 1. The lowest BCUT2D eigenvalue weighted by Crippen LogP contribution is -2.16. The van der Waals surface area contributed by atoms with E-state index in [9.17, 15) is 4.79 Å². The first-order valence-electron chi connectivity index (χ1n) is 6.96. The Bertz CT molecular complexity index is 597. The van der Waals surface area contributed by atoms with Crippen molar-refractivity contribution in [2.75, 3.05) is 11.9 Å². The summed E-state index contributed by atoms with van der Waals surface area (Å²) in [6.45, 7) is 0.139. The van der Waals surface area contributed by atoms with E-state index in [0.29, 0.717) is 18.2 Å². The fourth-order valence-electron chi connectivity index (χ4n) is 2.34. The minimum absolute atomic E-state index is 0.0724. The van der Waals surface area contributed by atoms with E-state index in [2.05, 4.69) is 9.88 Å². The zero-order valence-corrected chi connectivity index (χ0v) is 11.2. The van der Waals surface area contributed by atoms with Crippen molar-refractivity contribution < 1.29 is 9.90 Å². The van der Waals surface area contributed by atoms with Crippen molar-refractivity contribution in [1.29, 1.82) is 0 Å². The van der Waals surface area contributed by atoms with E-state index in [1.807, 2.05) is 42.6 Å². The van der Waals surface area contributed by atoms with Crippen molar-refractivity contribution in [2.24, 2.45) is 0 Å². The molecule has 0 atom stereocenters. The van der Waals surface area contributed by atoms with Crippen LogP contribution in [-0.2, 0) is 6.42 Å². The van der Waals surface area contributed by atoms with Gasteiger partial charge < -0.3 is 15.0 Å². The molecular formula is C16H18N2O2. The standard InChI is InChI=1S/C16H18N2O2/c19-11-9-12-3-5-13(6-4-12)17-16(20)15-2-1-10-18(15)14-7-8-14/h1-6,10,14,19H,7-9,11H2,(H,17,20). The summed E-state index contributed by atoms with van der Waals surface area (Å²) in [5, 5.41) is 11.8. The van der Waals surface area contributed by atoms with E-state index < -0.39 is 0 Å². The number of hydrogen-bond donors (Lipinski definition) is 2. The SMILES string of the molecule is O=C(Nc1ccc(CCO)cc1)c1cccn1C1CC1. The number of hydrogen-bond acceptors (Lipinski definition) is 2. The Kier molecular flexibility index (Phi) is 3.56. The molecule has 4 nitrogen and oxygen atoms in total. The molecule has 1 amide bonds. The average Bonchev–Trinajstić information content (AvgIpc) is 3.18. The second-order valence-corrected chi connectivity index (χ2v) is 5.16. The number of anilines is 1. The van der Waals surface area contributed by atoms with Crippen LogP contribution in [-0.4, -0.2) is 22.2 Å². The third-order valence-electron chi connectivity index (χ3n) is 3.56. The Hall–Kier alpha value is -2.07. The Labute approximate surface area is 118 Å². The van der Waals surface area contributed by atoms with E-state index in [-0.39, 0.29) is 12.5 Å². The minimum atomic E-state index is -0.0724. The van der Waals surface area contributed by atoms with E-state index in [1.54, 1.807) is 0 Å². The molecule has 0 spiro atoms. The molecule has 0 radical (unpaired) electrons. The van der Waals surface area contributed by atoms with Crippen molar-refractivity contribution in [1.82, 2.24) is 4.57 Å². The highest BCUT2D eigenvalue weighted by Crippen LogP contribution is 2.36. The van der Waals surface area contributed by atoms with Crippen LogP contribution < -0.4 is 5.32 Å². The topological polar surface area (TPSA) is 54.3 Å². The largest absolute Gasteiger partial charge is 0.396 e. The van der Waals surface area contributed by atoms with Crippen LogP contribution in [0.2, 0.25) is 0 Å². The summed E-state index contributed by atoms with van der Waals surface area (Å²) in [5.41, 5.74) is 2.55. The number of carbonyl (C=O) groups is 1. The fourth-order valence-corrected chi connectivity index (χ4v) is 2.34. The lowest BCUT2D eigenvalue weighted by molar-refractivity contribution is 0.101. The van der Waals surface area contributed by atoms with Crippen LogP contribution in [0.5, 0.6) is 0 Å². The van der Waals surface area contributed by atoms with E-state index in [0.717, 1.165) is 24.1 Å². The van der Waals surface area contributed by atoms with Crippen LogP contribution in [0.1, 0.15) is 34.9 Å². The number of aliphatic hydroxyl groups is 1. The average molecular weight is 270 g/mol. The Morgan fingerprint density at radius 3 is 2.65 bits per heavy atom. The summed E-state index contributed by atoms with van der Waals surface area (Å²) in [7, 11) is 0. The Balaban J connectivity index is 1.70. The fraction of sp³-hybridized carbons (Fsp3) is 0.312. The zero-order valence-electron chi connectivity index (χ0n) is 11.2. The molecular weight excluding hydrogens is 252 g/mol. The predicted molar refractivity (Wildman–Crippen MR) is 77.9 cm³/mol. The van der Waals surface area contributed by atoms with Gasteiger partial charge in [-0.3, -0.25) is 4.79 Å². The van der Waals surface area contributed by atoms with E-state index in [1.165, 1.54) is 0 Å². The molecule has 2 aromatic rings. The zero-order chi connectivity index (χ0) is 13.9. The molecule has 0 unspecified atom stereocenters. The molecule has 1 aromatic carbocycles. The number of benzene rings is 1. The van der Waals surface area contributed by atoms with Gasteiger partial charge in [0.15, 0.2) is 0 Å². The van der Waals surface area contributed by atoms with Crippen molar-refractivity contribution in [2.45, 2.75) is 25.3 Å². The molecule has 1 heterocycles. The number of nitrogens with one attached hydrogen (secondary N) is 1. The molecule has 1 fully saturated rings. The monoisotopic (exact) mass is 270 g/mol. The summed E-state index contributed by atoms with van der Waals surface area (Å²) >= 11 is 0. The van der Waals surface area contributed by atoms with E-state index in [4.69, 9.17) is 5.11 Å². The number of aromatic nitrogens is 1. The van der Waals surface area contributed by atoms with Gasteiger partial charge >= 0.3 is 0 Å². The molecule has 3 rings (SSSR count). The predicted octanol–water partition coefficient (Wildman–Crippen LogP) is 2.61. The second kappa shape index (κ2) is 5.51. The van der Waals surface area contributed by atoms with Gasteiger partial charge in [-0.25, -0.2) is 0 Å². The highest BCUT2D eigenvalue weighted by Gasteiger charge is 2.26. The van der Waals surface area contributed by atoms with Crippen LogP contribution in [0.15, 0.2) is 42.6 Å². The number of nitrogens with zero attached hydrogens (tertiary/aromatic N) is 1. The number of amides is 1. The van der Waals surface area contributed by atoms with Crippen molar-refractivity contribution in [3.63, 3.8) is 0 Å². The lowest BCUT2D eigenvalue weighted by atomic mass is 10.1. The first-order chi connectivity index (χ1) is 9.78. The van der Waals surface area contributed by atoms with Crippen LogP contribution in [0, 0.1) is 0 Å². The van der Waals surface area contributed by atoms with Gasteiger partial charge in [-0.2, -0.15) is 0 Å². The summed E-state index contributed by atoms with van der Waals surface area (Å²) in [6.07, 6.45) is 4.92. The van der Waals surface area contributed by atoms with Gasteiger partial charge in [-0.1, -0.05) is 12.1 Å². The molecule has 1 aromatic heterocycles. The van der Waals surface area contributed by atoms with Crippen molar-refractivity contribution in [3.8, 4) is 0 Å². The van der Waals surface area contributed by atoms with Crippen LogP contribution in [0.3, 0.4) is 0 Å². The van der Waals surface area contributed by atoms with Crippen molar-refractivity contribution >= 4 is 11.6 Å². The van der Waals surface area contributed by atoms with Gasteiger partial charge in [-0.15, -0.1) is 0 Å². The summed E-state index contributed by atoms with van der Waals surface area (Å²) < 4.78 is 2.05. The maximum absolute atomic E-state index is 12.3. The highest BCUT2D eigenvalue weighted by molar-refractivity contribution is 6.03. The first-order valence-corrected chi connectivity index (χ1v) is 6.96. The quantitative estimate of drug-likeness (QED) is 0.877. The molecule has 2 N–H and O–H groups in total. The lowest BCUT2D eigenvalue weighted by Gasteiger charge is -2.09. The normalized spacial score (nSPS) is 14.2. The molecule has 104 valence electrons. The second-order valence-electron chi connectivity index (χ2n) is 5.16. The van der Waals surface area contributed by atoms with Gasteiger partial charge in [0.1, 0.15) is 5.69 Å². The Morgan fingerprint density at radius 1 is 1.25 bits per heavy atom. The van der Waals surface area contributed by atoms with E-state index >= 15 is 0 Å². The van der Waals surface area contributed by atoms with Gasteiger partial charge in [0.05, 0.1) is 0 Å². The molecule has 0 aliphatic heterocycles. The number of carbonyl (C=O) groups excluding carboxylic acids is 1. The van der Waals surface area contributed by atoms with Crippen LogP contribution in [0.25, 0.3) is 0 Å².